The molecule has 0 saturated heterocycles. The Hall–Kier alpha value is -1.11. The highest BCUT2D eigenvalue weighted by atomic mass is 127. The Kier molecular flexibility index (Phi) is 5.34. The number of carbonyl (C=O) groups excluding carboxylic acids is 1. The van der Waals surface area contributed by atoms with E-state index in [0.717, 1.165) is 3.57 Å². The number of hydrogen-bond donors (Lipinski definition) is 2. The molecule has 0 aliphatic heterocycles. The lowest BCUT2D eigenvalue weighted by atomic mass is 9.85. The number of amides is 1. The normalized spacial score (nSPS) is 15.4. The maximum atomic E-state index is 12.2. The first-order valence-electron chi connectivity index (χ1n) is 6.13. The van der Waals surface area contributed by atoms with Gasteiger partial charge in [0.1, 0.15) is 5.54 Å². The van der Waals surface area contributed by atoms with E-state index in [1.54, 1.807) is 19.1 Å². The maximum absolute atomic E-state index is 12.2. The highest BCUT2D eigenvalue weighted by molar-refractivity contribution is 14.1. The number of carboxylic acid groups (broad SMARTS) is 1. The van der Waals surface area contributed by atoms with Crippen LogP contribution in [0.15, 0.2) is 24.3 Å². The van der Waals surface area contributed by atoms with Gasteiger partial charge in [-0.2, -0.15) is 0 Å². The second-order valence-electron chi connectivity index (χ2n) is 4.75. The zero-order chi connectivity index (χ0) is 14.6. The average Bonchev–Trinajstić information content (AvgIpc) is 2.37. The van der Waals surface area contributed by atoms with Crippen molar-refractivity contribution in [3.63, 3.8) is 0 Å². The molecule has 4 nitrogen and oxygen atoms in total. The van der Waals surface area contributed by atoms with Gasteiger partial charge in [0.15, 0.2) is 0 Å². The van der Waals surface area contributed by atoms with Crippen LogP contribution >= 0.6 is 22.6 Å². The number of rotatable bonds is 5. The second kappa shape index (κ2) is 6.36. The first kappa shape index (κ1) is 15.9. The van der Waals surface area contributed by atoms with E-state index < -0.39 is 11.5 Å². The van der Waals surface area contributed by atoms with Crippen molar-refractivity contribution < 1.29 is 14.7 Å². The summed E-state index contributed by atoms with van der Waals surface area (Å²) < 4.78 is 0.800. The Morgan fingerprint density at radius 1 is 1.42 bits per heavy atom. The molecule has 5 heteroatoms. The third-order valence-electron chi connectivity index (χ3n) is 3.53. The summed E-state index contributed by atoms with van der Waals surface area (Å²) in [6.07, 6.45) is 0.676. The highest BCUT2D eigenvalue weighted by Gasteiger charge is 2.39. The van der Waals surface area contributed by atoms with Gasteiger partial charge in [0.25, 0.3) is 5.91 Å². The quantitative estimate of drug-likeness (QED) is 0.778. The van der Waals surface area contributed by atoms with Crippen molar-refractivity contribution in [2.75, 3.05) is 0 Å². The number of hydrogen-bond acceptors (Lipinski definition) is 2. The van der Waals surface area contributed by atoms with Crippen molar-refractivity contribution in [2.45, 2.75) is 32.7 Å². The molecule has 2 atom stereocenters. The van der Waals surface area contributed by atoms with Crippen molar-refractivity contribution >= 4 is 34.5 Å². The molecule has 0 aliphatic rings. The van der Waals surface area contributed by atoms with E-state index in [4.69, 9.17) is 0 Å². The molecule has 1 aromatic carbocycles. The molecule has 0 spiro atoms. The van der Waals surface area contributed by atoms with Crippen molar-refractivity contribution in [3.05, 3.63) is 33.4 Å². The van der Waals surface area contributed by atoms with Crippen LogP contribution in [0.1, 0.15) is 37.6 Å². The van der Waals surface area contributed by atoms with E-state index >= 15 is 0 Å². The number of carboxylic acids is 1. The lowest BCUT2D eigenvalue weighted by Crippen LogP contribution is -2.56. The van der Waals surface area contributed by atoms with Crippen LogP contribution in [0.5, 0.6) is 0 Å². The standard InChI is InChI=1S/C14H18INO3/c1-4-9(2)14(3,13(18)19)16-12(17)10-7-5-6-8-11(10)15/h5-9H,4H2,1-3H3,(H,16,17)(H,18,19)/t9-,14-/m0/s1. The van der Waals surface area contributed by atoms with Gasteiger partial charge in [-0.1, -0.05) is 32.4 Å². The van der Waals surface area contributed by atoms with Crippen molar-refractivity contribution in [3.8, 4) is 0 Å². The Labute approximate surface area is 126 Å². The monoisotopic (exact) mass is 375 g/mol. The van der Waals surface area contributed by atoms with Crippen LogP contribution in [0.25, 0.3) is 0 Å². The van der Waals surface area contributed by atoms with Crippen LogP contribution in [0, 0.1) is 9.49 Å². The second-order valence-corrected chi connectivity index (χ2v) is 5.91. The van der Waals surface area contributed by atoms with E-state index in [1.165, 1.54) is 0 Å². The van der Waals surface area contributed by atoms with Gasteiger partial charge in [0.2, 0.25) is 0 Å². The minimum absolute atomic E-state index is 0.157. The predicted molar refractivity (Wildman–Crippen MR) is 82.1 cm³/mol. The van der Waals surface area contributed by atoms with Crippen LogP contribution in [0.3, 0.4) is 0 Å². The van der Waals surface area contributed by atoms with E-state index in [1.807, 2.05) is 26.0 Å². The van der Waals surface area contributed by atoms with Crippen LogP contribution in [0.2, 0.25) is 0 Å². The molecule has 19 heavy (non-hydrogen) atoms. The first-order chi connectivity index (χ1) is 8.82. The topological polar surface area (TPSA) is 66.4 Å². The van der Waals surface area contributed by atoms with E-state index in [9.17, 15) is 14.7 Å². The van der Waals surface area contributed by atoms with Crippen LogP contribution in [-0.4, -0.2) is 22.5 Å². The van der Waals surface area contributed by atoms with Gasteiger partial charge in [0.05, 0.1) is 5.56 Å². The van der Waals surface area contributed by atoms with Gasteiger partial charge >= 0.3 is 5.97 Å². The summed E-state index contributed by atoms with van der Waals surface area (Å²) in [6, 6.07) is 7.11. The molecule has 0 fully saturated rings. The Morgan fingerprint density at radius 2 is 2.00 bits per heavy atom. The first-order valence-corrected chi connectivity index (χ1v) is 7.21. The van der Waals surface area contributed by atoms with Gasteiger partial charge in [-0.15, -0.1) is 0 Å². The molecule has 0 radical (unpaired) electrons. The van der Waals surface area contributed by atoms with Gasteiger partial charge < -0.3 is 10.4 Å². The molecule has 1 amide bonds. The van der Waals surface area contributed by atoms with Gasteiger partial charge in [-0.3, -0.25) is 4.79 Å². The fraction of sp³-hybridized carbons (Fsp3) is 0.429. The minimum Gasteiger partial charge on any atom is -0.480 e. The van der Waals surface area contributed by atoms with Crippen LogP contribution in [-0.2, 0) is 4.79 Å². The molecular formula is C14H18INO3. The molecule has 0 heterocycles. The summed E-state index contributed by atoms with van der Waals surface area (Å²) in [5.74, 6) is -1.52. The molecule has 0 saturated carbocycles. The summed E-state index contributed by atoms with van der Waals surface area (Å²) in [5, 5.41) is 12.0. The van der Waals surface area contributed by atoms with E-state index in [-0.39, 0.29) is 11.8 Å². The zero-order valence-corrected chi connectivity index (χ0v) is 13.4. The molecule has 104 valence electrons. The summed E-state index contributed by atoms with van der Waals surface area (Å²) in [6.45, 7) is 5.28. The number of carbonyl (C=O) groups is 2. The third kappa shape index (κ3) is 3.46. The van der Waals surface area contributed by atoms with Crippen molar-refractivity contribution in [2.24, 2.45) is 5.92 Å². The minimum atomic E-state index is -1.26. The number of benzene rings is 1. The molecule has 0 unspecified atom stereocenters. The lowest BCUT2D eigenvalue weighted by molar-refractivity contribution is -0.146. The number of halogens is 1. The molecule has 0 bridgehead atoms. The van der Waals surface area contributed by atoms with Crippen LogP contribution in [0.4, 0.5) is 0 Å². The van der Waals surface area contributed by atoms with Gasteiger partial charge in [0, 0.05) is 3.57 Å². The third-order valence-corrected chi connectivity index (χ3v) is 4.47. The molecule has 1 rings (SSSR count). The van der Waals surface area contributed by atoms with E-state index in [0.29, 0.717) is 12.0 Å². The maximum Gasteiger partial charge on any atom is 0.329 e. The largest absolute Gasteiger partial charge is 0.480 e. The zero-order valence-electron chi connectivity index (χ0n) is 11.2. The fourth-order valence-corrected chi connectivity index (χ4v) is 2.38. The Balaban J connectivity index is 3.02. The summed E-state index contributed by atoms with van der Waals surface area (Å²) in [7, 11) is 0. The summed E-state index contributed by atoms with van der Waals surface area (Å²) in [5.41, 5.74) is -0.760. The Bertz CT molecular complexity index is 489. The van der Waals surface area contributed by atoms with Gasteiger partial charge in [-0.25, -0.2) is 4.79 Å². The predicted octanol–water partition coefficient (Wildman–Crippen LogP) is 2.91. The van der Waals surface area contributed by atoms with Crippen molar-refractivity contribution in [1.29, 1.82) is 0 Å². The van der Waals surface area contributed by atoms with Crippen molar-refractivity contribution in [1.82, 2.24) is 5.32 Å². The van der Waals surface area contributed by atoms with E-state index in [2.05, 4.69) is 27.9 Å². The smallest absolute Gasteiger partial charge is 0.329 e. The number of aliphatic carboxylic acids is 1. The number of nitrogens with one attached hydrogen (secondary N) is 1. The molecule has 0 aromatic heterocycles. The average molecular weight is 375 g/mol. The van der Waals surface area contributed by atoms with Gasteiger partial charge in [-0.05, 0) is 47.6 Å². The summed E-state index contributed by atoms with van der Waals surface area (Å²) in [4.78, 5) is 23.7. The molecule has 0 aliphatic carbocycles. The molecule has 1 aromatic rings. The highest BCUT2D eigenvalue weighted by Crippen LogP contribution is 2.22. The molecular weight excluding hydrogens is 357 g/mol. The lowest BCUT2D eigenvalue weighted by Gasteiger charge is -2.32. The van der Waals surface area contributed by atoms with Crippen LogP contribution < -0.4 is 5.32 Å². The Morgan fingerprint density at radius 3 is 2.47 bits per heavy atom. The summed E-state index contributed by atoms with van der Waals surface area (Å²) >= 11 is 2.06. The SMILES string of the molecule is CC[C@H](C)[C@](C)(NC(=O)c1ccccc1I)C(=O)O. The fourth-order valence-electron chi connectivity index (χ4n) is 1.74. The molecule has 2 N–H and O–H groups in total.